The summed E-state index contributed by atoms with van der Waals surface area (Å²) < 4.78 is 38.0. The zero-order valence-corrected chi connectivity index (χ0v) is 19.7. The number of anilines is 2. The van der Waals surface area contributed by atoms with Crippen LogP contribution in [0.2, 0.25) is 5.02 Å². The van der Waals surface area contributed by atoms with E-state index < -0.39 is 27.4 Å². The summed E-state index contributed by atoms with van der Waals surface area (Å²) in [5.74, 6) is -0.172. The SMILES string of the molecule is COc1cc(NC(=O)CN(c2ccc([N+](=O)[O-])cc2)S(=O)(=O)c2ccccc2)c(OC)cc1Cl. The number of nitrogens with zero attached hydrogens (tertiary/aromatic N) is 2. The summed E-state index contributed by atoms with van der Waals surface area (Å²) in [6, 6.07) is 15.3. The predicted molar refractivity (Wildman–Crippen MR) is 127 cm³/mol. The molecule has 0 saturated carbocycles. The van der Waals surface area contributed by atoms with E-state index in [-0.39, 0.29) is 38.5 Å². The minimum Gasteiger partial charge on any atom is -0.495 e. The number of sulfonamides is 1. The maximum absolute atomic E-state index is 13.4. The van der Waals surface area contributed by atoms with Gasteiger partial charge in [-0.2, -0.15) is 0 Å². The van der Waals surface area contributed by atoms with Gasteiger partial charge in [0.1, 0.15) is 18.0 Å². The molecule has 34 heavy (non-hydrogen) atoms. The van der Waals surface area contributed by atoms with Crippen molar-refractivity contribution < 1.29 is 27.6 Å². The Balaban J connectivity index is 1.98. The van der Waals surface area contributed by atoms with Gasteiger partial charge >= 0.3 is 0 Å². The molecule has 0 unspecified atom stereocenters. The van der Waals surface area contributed by atoms with Crippen LogP contribution in [0.25, 0.3) is 0 Å². The number of nitro groups is 1. The van der Waals surface area contributed by atoms with Gasteiger partial charge in [0.25, 0.3) is 15.7 Å². The molecule has 0 bridgehead atoms. The quantitative estimate of drug-likeness (QED) is 0.342. The maximum atomic E-state index is 13.4. The molecule has 0 aliphatic rings. The number of benzene rings is 3. The lowest BCUT2D eigenvalue weighted by Crippen LogP contribution is -2.38. The summed E-state index contributed by atoms with van der Waals surface area (Å²) in [5, 5.41) is 13.9. The van der Waals surface area contributed by atoms with Gasteiger partial charge in [-0.15, -0.1) is 0 Å². The Bertz CT molecular complexity index is 1300. The summed E-state index contributed by atoms with van der Waals surface area (Å²) in [6.45, 7) is -0.622. The van der Waals surface area contributed by atoms with Crippen molar-refractivity contribution >= 4 is 44.6 Å². The lowest BCUT2D eigenvalue weighted by Gasteiger charge is -2.24. The van der Waals surface area contributed by atoms with E-state index in [2.05, 4.69) is 5.32 Å². The van der Waals surface area contributed by atoms with Crippen LogP contribution in [0, 0.1) is 10.1 Å². The van der Waals surface area contributed by atoms with E-state index in [1.54, 1.807) is 18.2 Å². The first-order valence-electron chi connectivity index (χ1n) is 9.71. The third-order valence-electron chi connectivity index (χ3n) is 4.71. The number of hydrogen-bond acceptors (Lipinski definition) is 7. The van der Waals surface area contributed by atoms with Gasteiger partial charge in [0.2, 0.25) is 5.91 Å². The zero-order valence-electron chi connectivity index (χ0n) is 18.1. The second-order valence-electron chi connectivity index (χ2n) is 6.83. The van der Waals surface area contributed by atoms with E-state index >= 15 is 0 Å². The van der Waals surface area contributed by atoms with Gasteiger partial charge in [0.05, 0.1) is 40.4 Å². The van der Waals surface area contributed by atoms with Gasteiger partial charge in [-0.25, -0.2) is 8.42 Å². The number of nitrogens with one attached hydrogen (secondary N) is 1. The van der Waals surface area contributed by atoms with Gasteiger partial charge in [-0.3, -0.25) is 19.2 Å². The Morgan fingerprint density at radius 2 is 1.65 bits per heavy atom. The second-order valence-corrected chi connectivity index (χ2v) is 9.10. The number of halogens is 1. The highest BCUT2D eigenvalue weighted by Crippen LogP contribution is 2.36. The molecule has 1 N–H and O–H groups in total. The molecule has 3 rings (SSSR count). The molecule has 10 nitrogen and oxygen atoms in total. The number of rotatable bonds is 9. The average Bonchev–Trinajstić information content (AvgIpc) is 2.83. The lowest BCUT2D eigenvalue weighted by molar-refractivity contribution is -0.384. The topological polar surface area (TPSA) is 128 Å². The third-order valence-corrected chi connectivity index (χ3v) is 6.80. The number of nitro benzene ring substituents is 1. The standard InChI is InChI=1S/C22H20ClN3O7S/c1-32-20-13-19(21(33-2)12-18(20)23)24-22(27)14-25(15-8-10-16(11-9-15)26(28)29)34(30,31)17-6-4-3-5-7-17/h3-13H,14H2,1-2H3,(H,24,27). The zero-order chi connectivity index (χ0) is 24.9. The first-order valence-corrected chi connectivity index (χ1v) is 11.5. The molecule has 0 saturated heterocycles. The van der Waals surface area contributed by atoms with Crippen LogP contribution in [0.15, 0.2) is 71.6 Å². The van der Waals surface area contributed by atoms with Crippen LogP contribution in [0.3, 0.4) is 0 Å². The molecule has 0 aliphatic heterocycles. The van der Waals surface area contributed by atoms with Gasteiger partial charge in [0.15, 0.2) is 0 Å². The third kappa shape index (κ3) is 5.38. The molecule has 178 valence electrons. The Kier molecular flexibility index (Phi) is 7.59. The van der Waals surface area contributed by atoms with Crippen LogP contribution < -0.4 is 19.1 Å². The van der Waals surface area contributed by atoms with Crippen LogP contribution in [0.1, 0.15) is 0 Å². The molecule has 1 amide bonds. The average molecular weight is 506 g/mol. The fourth-order valence-electron chi connectivity index (χ4n) is 3.05. The molecule has 0 atom stereocenters. The van der Waals surface area contributed by atoms with Gasteiger partial charge in [-0.05, 0) is 24.3 Å². The molecule has 0 radical (unpaired) electrons. The van der Waals surface area contributed by atoms with E-state index in [1.807, 2.05) is 0 Å². The fourth-order valence-corrected chi connectivity index (χ4v) is 4.73. The van der Waals surface area contributed by atoms with Crippen molar-refractivity contribution in [1.82, 2.24) is 0 Å². The van der Waals surface area contributed by atoms with Crippen LogP contribution in [0.4, 0.5) is 17.1 Å². The van der Waals surface area contributed by atoms with Crippen molar-refractivity contribution in [3.8, 4) is 11.5 Å². The van der Waals surface area contributed by atoms with Crippen molar-refractivity contribution in [1.29, 1.82) is 0 Å². The first kappa shape index (κ1) is 24.8. The van der Waals surface area contributed by atoms with Crippen LogP contribution >= 0.6 is 11.6 Å². The Hall–Kier alpha value is -3.83. The van der Waals surface area contributed by atoms with Gasteiger partial charge in [0, 0.05) is 24.3 Å². The van der Waals surface area contributed by atoms with Crippen molar-refractivity contribution in [3.63, 3.8) is 0 Å². The summed E-state index contributed by atoms with van der Waals surface area (Å²) in [7, 11) is -1.39. The highest BCUT2D eigenvalue weighted by atomic mass is 35.5. The van der Waals surface area contributed by atoms with Gasteiger partial charge < -0.3 is 14.8 Å². The minimum atomic E-state index is -4.18. The molecule has 0 heterocycles. The highest BCUT2D eigenvalue weighted by molar-refractivity contribution is 7.92. The van der Waals surface area contributed by atoms with Crippen molar-refractivity contribution in [2.75, 3.05) is 30.4 Å². The molecule has 0 spiro atoms. The van der Waals surface area contributed by atoms with E-state index in [1.165, 1.54) is 50.6 Å². The van der Waals surface area contributed by atoms with Crippen LogP contribution in [-0.2, 0) is 14.8 Å². The van der Waals surface area contributed by atoms with E-state index in [0.29, 0.717) is 0 Å². The number of amides is 1. The summed E-state index contributed by atoms with van der Waals surface area (Å²) in [6.07, 6.45) is 0. The summed E-state index contributed by atoms with van der Waals surface area (Å²) in [5.41, 5.74) is 0.0722. The Morgan fingerprint density at radius 1 is 1.03 bits per heavy atom. The highest BCUT2D eigenvalue weighted by Gasteiger charge is 2.28. The molecular formula is C22H20ClN3O7S. The molecule has 3 aromatic carbocycles. The van der Waals surface area contributed by atoms with Crippen LogP contribution in [0.5, 0.6) is 11.5 Å². The van der Waals surface area contributed by atoms with Gasteiger partial charge in [-0.1, -0.05) is 29.8 Å². The molecule has 3 aromatic rings. The number of hydrogen-bond donors (Lipinski definition) is 1. The monoisotopic (exact) mass is 505 g/mol. The Labute approximate surface area is 200 Å². The maximum Gasteiger partial charge on any atom is 0.269 e. The Morgan fingerprint density at radius 3 is 2.21 bits per heavy atom. The molecule has 12 heteroatoms. The van der Waals surface area contributed by atoms with Crippen molar-refractivity contribution in [2.45, 2.75) is 4.90 Å². The number of non-ortho nitro benzene ring substituents is 1. The number of carbonyl (C=O) groups excluding carboxylic acids is 1. The number of carbonyl (C=O) groups is 1. The summed E-state index contributed by atoms with van der Waals surface area (Å²) >= 11 is 6.09. The number of ether oxygens (including phenoxy) is 2. The van der Waals surface area contributed by atoms with Crippen molar-refractivity contribution in [3.05, 3.63) is 81.9 Å². The molecule has 0 aliphatic carbocycles. The molecular weight excluding hydrogens is 486 g/mol. The van der Waals surface area contributed by atoms with E-state index in [0.717, 1.165) is 16.4 Å². The normalized spacial score (nSPS) is 10.9. The van der Waals surface area contributed by atoms with Crippen molar-refractivity contribution in [2.24, 2.45) is 0 Å². The smallest absolute Gasteiger partial charge is 0.269 e. The predicted octanol–water partition coefficient (Wildman–Crippen LogP) is 4.10. The molecule has 0 aromatic heterocycles. The fraction of sp³-hybridized carbons (Fsp3) is 0.136. The number of methoxy groups -OCH3 is 2. The second kappa shape index (κ2) is 10.4. The van der Waals surface area contributed by atoms with Crippen LogP contribution in [-0.4, -0.2) is 40.0 Å². The lowest BCUT2D eigenvalue weighted by atomic mass is 10.2. The molecule has 0 fully saturated rings. The minimum absolute atomic E-state index is 0.0492. The first-order chi connectivity index (χ1) is 16.2. The summed E-state index contributed by atoms with van der Waals surface area (Å²) in [4.78, 5) is 23.3. The van der Waals surface area contributed by atoms with E-state index in [9.17, 15) is 23.3 Å². The van der Waals surface area contributed by atoms with E-state index in [4.69, 9.17) is 21.1 Å². The largest absolute Gasteiger partial charge is 0.495 e.